The number of nitrogens with one attached hydrogen (secondary N) is 1. The van der Waals surface area contributed by atoms with E-state index in [0.29, 0.717) is 0 Å². The van der Waals surface area contributed by atoms with Gasteiger partial charge in [-0.25, -0.2) is 8.42 Å². The minimum absolute atomic E-state index is 0.0603. The molecule has 0 heterocycles. The first-order valence-electron chi connectivity index (χ1n) is 11.4. The van der Waals surface area contributed by atoms with E-state index in [9.17, 15) is 13.2 Å². The van der Waals surface area contributed by atoms with Crippen molar-refractivity contribution in [3.05, 3.63) is 90.0 Å². The predicted molar refractivity (Wildman–Crippen MR) is 136 cm³/mol. The summed E-state index contributed by atoms with van der Waals surface area (Å²) < 4.78 is 23.8. The number of carbonyl (C=O) groups is 1. The van der Waals surface area contributed by atoms with Gasteiger partial charge < -0.3 is 10.2 Å². The van der Waals surface area contributed by atoms with Crippen molar-refractivity contribution in [3.63, 3.8) is 0 Å². The van der Waals surface area contributed by atoms with E-state index in [-0.39, 0.29) is 23.0 Å². The summed E-state index contributed by atoms with van der Waals surface area (Å²) in [5.41, 5.74) is 3.98. The third-order valence-corrected chi connectivity index (χ3v) is 7.30. The highest BCUT2D eigenvalue weighted by Crippen LogP contribution is 2.20. The van der Waals surface area contributed by atoms with Gasteiger partial charge in [-0.3, -0.25) is 4.79 Å². The van der Waals surface area contributed by atoms with Crippen LogP contribution >= 0.6 is 0 Å². The topological polar surface area (TPSA) is 66.5 Å². The molecule has 3 aromatic carbocycles. The smallest absolute Gasteiger partial charge is 0.228 e. The zero-order valence-electron chi connectivity index (χ0n) is 19.3. The van der Waals surface area contributed by atoms with Crippen molar-refractivity contribution < 1.29 is 13.2 Å². The molecule has 0 saturated heterocycles. The Morgan fingerprint density at radius 1 is 0.818 bits per heavy atom. The van der Waals surface area contributed by atoms with Gasteiger partial charge in [0, 0.05) is 24.5 Å². The van der Waals surface area contributed by atoms with Crippen molar-refractivity contribution in [2.75, 3.05) is 29.1 Å². The Kier molecular flexibility index (Phi) is 8.66. The van der Waals surface area contributed by atoms with Crippen LogP contribution in [0.5, 0.6) is 0 Å². The lowest BCUT2D eigenvalue weighted by atomic mass is 10.1. The van der Waals surface area contributed by atoms with Crippen LogP contribution in [0.15, 0.2) is 83.8 Å². The summed E-state index contributed by atoms with van der Waals surface area (Å²) >= 11 is 0. The molecule has 5 nitrogen and oxygen atoms in total. The van der Waals surface area contributed by atoms with Crippen LogP contribution in [0.25, 0.3) is 0 Å². The highest BCUT2D eigenvalue weighted by atomic mass is 32.2. The van der Waals surface area contributed by atoms with Crippen LogP contribution in [0.2, 0.25) is 0 Å². The Balaban J connectivity index is 1.57. The fourth-order valence-corrected chi connectivity index (χ4v) is 4.56. The monoisotopic (exact) mass is 464 g/mol. The first-order valence-corrected chi connectivity index (χ1v) is 13.1. The molecule has 174 valence electrons. The van der Waals surface area contributed by atoms with Crippen LogP contribution in [0.3, 0.4) is 0 Å². The molecule has 1 N–H and O–H groups in total. The Morgan fingerprint density at radius 2 is 1.48 bits per heavy atom. The second kappa shape index (κ2) is 11.7. The molecule has 3 aromatic rings. The highest BCUT2D eigenvalue weighted by Gasteiger charge is 2.12. The second-order valence-corrected chi connectivity index (χ2v) is 10.3. The third kappa shape index (κ3) is 7.19. The lowest BCUT2D eigenvalue weighted by molar-refractivity contribution is -0.115. The maximum absolute atomic E-state index is 12.5. The molecule has 0 saturated carbocycles. The van der Waals surface area contributed by atoms with Gasteiger partial charge in [-0.15, -0.1) is 0 Å². The molecule has 3 rings (SSSR count). The van der Waals surface area contributed by atoms with E-state index in [2.05, 4.69) is 41.4 Å². The van der Waals surface area contributed by atoms with Crippen molar-refractivity contribution in [1.29, 1.82) is 0 Å². The van der Waals surface area contributed by atoms with Crippen molar-refractivity contribution in [1.82, 2.24) is 0 Å². The molecule has 0 spiro atoms. The summed E-state index contributed by atoms with van der Waals surface area (Å²) in [6.45, 7) is 5.70. The minimum Gasteiger partial charge on any atom is -0.371 e. The van der Waals surface area contributed by atoms with Crippen molar-refractivity contribution >= 4 is 27.1 Å². The van der Waals surface area contributed by atoms with Crippen molar-refractivity contribution in [2.45, 2.75) is 38.0 Å². The largest absolute Gasteiger partial charge is 0.371 e. The van der Waals surface area contributed by atoms with Crippen LogP contribution in [0.4, 0.5) is 11.4 Å². The molecule has 0 fully saturated rings. The molecule has 0 aliphatic carbocycles. The average molecular weight is 465 g/mol. The third-order valence-electron chi connectivity index (χ3n) is 5.55. The number of benzene rings is 3. The number of amides is 1. The van der Waals surface area contributed by atoms with Gasteiger partial charge >= 0.3 is 0 Å². The first kappa shape index (κ1) is 24.5. The fourth-order valence-electron chi connectivity index (χ4n) is 3.68. The number of anilines is 2. The van der Waals surface area contributed by atoms with E-state index < -0.39 is 9.84 Å². The fraction of sp³-hybridized carbons (Fsp3) is 0.296. The normalized spacial score (nSPS) is 11.2. The summed E-state index contributed by atoms with van der Waals surface area (Å²) in [6, 6.07) is 24.9. The minimum atomic E-state index is -3.23. The van der Waals surface area contributed by atoms with Crippen LogP contribution in [-0.2, 0) is 27.5 Å². The zero-order valence-corrected chi connectivity index (χ0v) is 20.1. The molecule has 6 heteroatoms. The number of hydrogen-bond donors (Lipinski definition) is 1. The predicted octanol–water partition coefficient (Wildman–Crippen LogP) is 5.12. The lowest BCUT2D eigenvalue weighted by Gasteiger charge is -2.24. The number of sulfone groups is 1. The zero-order chi connectivity index (χ0) is 23.7. The van der Waals surface area contributed by atoms with Gasteiger partial charge in [0.05, 0.1) is 17.1 Å². The average Bonchev–Trinajstić information content (AvgIpc) is 2.83. The maximum Gasteiger partial charge on any atom is 0.228 e. The maximum atomic E-state index is 12.5. The first-order chi connectivity index (χ1) is 15.9. The number of hydrogen-bond acceptors (Lipinski definition) is 4. The van der Waals surface area contributed by atoms with Gasteiger partial charge in [-0.05, 0) is 60.4 Å². The van der Waals surface area contributed by atoms with Gasteiger partial charge in [0.15, 0.2) is 9.84 Å². The standard InChI is InChI=1S/C27H32N2O3S/c1-3-19-29(20-18-22-8-6-5-7-9-22)25-14-12-24(13-15-25)28-27(30)21-23-10-16-26(17-11-23)33(31,32)4-2/h5-17H,3-4,18-21H2,1-2H3,(H,28,30). The van der Waals surface area contributed by atoms with Gasteiger partial charge in [0.2, 0.25) is 5.91 Å². The Hall–Kier alpha value is -3.12. The molecule has 33 heavy (non-hydrogen) atoms. The number of carbonyl (C=O) groups excluding carboxylic acids is 1. The van der Waals surface area contributed by atoms with E-state index in [1.165, 1.54) is 5.56 Å². The van der Waals surface area contributed by atoms with Crippen LogP contribution in [0, 0.1) is 0 Å². The molecular weight excluding hydrogens is 432 g/mol. The van der Waals surface area contributed by atoms with E-state index in [4.69, 9.17) is 0 Å². The second-order valence-electron chi connectivity index (χ2n) is 8.04. The van der Waals surface area contributed by atoms with Gasteiger partial charge in [0.25, 0.3) is 0 Å². The highest BCUT2D eigenvalue weighted by molar-refractivity contribution is 7.91. The molecule has 0 radical (unpaired) electrons. The van der Waals surface area contributed by atoms with E-state index in [1.807, 2.05) is 30.3 Å². The molecule has 0 aromatic heterocycles. The number of nitrogens with zero attached hydrogens (tertiary/aromatic N) is 1. The molecule has 0 aliphatic heterocycles. The molecule has 0 aliphatic rings. The van der Waals surface area contributed by atoms with Crippen LogP contribution < -0.4 is 10.2 Å². The van der Waals surface area contributed by atoms with E-state index >= 15 is 0 Å². The van der Waals surface area contributed by atoms with Crippen LogP contribution in [-0.4, -0.2) is 33.2 Å². The van der Waals surface area contributed by atoms with Gasteiger partial charge in [-0.2, -0.15) is 0 Å². The SMILES string of the molecule is CCCN(CCc1ccccc1)c1ccc(NC(=O)Cc2ccc(S(=O)(=O)CC)cc2)cc1. The summed E-state index contributed by atoms with van der Waals surface area (Å²) in [5, 5.41) is 2.93. The van der Waals surface area contributed by atoms with E-state index in [0.717, 1.165) is 42.9 Å². The Labute approximate surface area is 197 Å². The summed E-state index contributed by atoms with van der Waals surface area (Å²) in [5.74, 6) is -0.0755. The van der Waals surface area contributed by atoms with Crippen LogP contribution in [0.1, 0.15) is 31.4 Å². The molecular formula is C27H32N2O3S. The lowest BCUT2D eigenvalue weighted by Crippen LogP contribution is -2.26. The molecule has 0 unspecified atom stereocenters. The van der Waals surface area contributed by atoms with Gasteiger partial charge in [0.1, 0.15) is 0 Å². The summed E-state index contributed by atoms with van der Waals surface area (Å²) in [7, 11) is -3.23. The Bertz CT molecular complexity index is 1130. The quantitative estimate of drug-likeness (QED) is 0.428. The van der Waals surface area contributed by atoms with Crippen molar-refractivity contribution in [3.8, 4) is 0 Å². The molecule has 1 amide bonds. The molecule has 0 atom stereocenters. The molecule has 0 bridgehead atoms. The van der Waals surface area contributed by atoms with Gasteiger partial charge in [-0.1, -0.05) is 56.3 Å². The Morgan fingerprint density at radius 3 is 2.09 bits per heavy atom. The van der Waals surface area contributed by atoms with E-state index in [1.54, 1.807) is 31.2 Å². The number of rotatable bonds is 11. The summed E-state index contributed by atoms with van der Waals surface area (Å²) in [6.07, 6.45) is 2.23. The summed E-state index contributed by atoms with van der Waals surface area (Å²) in [4.78, 5) is 15.1. The van der Waals surface area contributed by atoms with Crippen molar-refractivity contribution in [2.24, 2.45) is 0 Å².